The fourth-order valence-corrected chi connectivity index (χ4v) is 2.46. The van der Waals surface area contributed by atoms with E-state index in [1.165, 1.54) is 45.4 Å². The summed E-state index contributed by atoms with van der Waals surface area (Å²) in [5.41, 5.74) is 0.392. The minimum atomic E-state index is 0.392. The molecule has 0 unspecified atom stereocenters. The lowest BCUT2D eigenvalue weighted by atomic mass is 9.92. The van der Waals surface area contributed by atoms with E-state index < -0.39 is 0 Å². The predicted octanol–water partition coefficient (Wildman–Crippen LogP) is 1.70. The smallest absolute Gasteiger partial charge is 0.0108 e. The number of hydrogen-bond acceptors (Lipinski definition) is 3. The van der Waals surface area contributed by atoms with E-state index in [1.54, 1.807) is 0 Å². The molecule has 17 heavy (non-hydrogen) atoms. The summed E-state index contributed by atoms with van der Waals surface area (Å²) in [5.74, 6) is 0. The molecule has 0 radical (unpaired) electrons. The maximum absolute atomic E-state index is 3.61. The van der Waals surface area contributed by atoms with Gasteiger partial charge in [-0.1, -0.05) is 33.6 Å². The lowest BCUT2D eigenvalue weighted by Crippen LogP contribution is -2.48. The molecule has 0 spiro atoms. The van der Waals surface area contributed by atoms with E-state index in [0.717, 1.165) is 19.6 Å². The van der Waals surface area contributed by atoms with Crippen LogP contribution < -0.4 is 10.6 Å². The third-order valence-electron chi connectivity index (χ3n) is 3.42. The fourth-order valence-electron chi connectivity index (χ4n) is 2.46. The van der Waals surface area contributed by atoms with Crippen LogP contribution in [0.15, 0.2) is 0 Å². The topological polar surface area (TPSA) is 27.3 Å². The molecule has 0 aromatic heterocycles. The molecular weight excluding hydrogens is 210 g/mol. The molecule has 0 amide bonds. The molecule has 1 heterocycles. The van der Waals surface area contributed by atoms with Gasteiger partial charge in [-0.25, -0.2) is 0 Å². The van der Waals surface area contributed by atoms with Gasteiger partial charge in [0.2, 0.25) is 0 Å². The van der Waals surface area contributed by atoms with Gasteiger partial charge >= 0.3 is 0 Å². The van der Waals surface area contributed by atoms with Crippen LogP contribution in [-0.4, -0.2) is 50.7 Å². The van der Waals surface area contributed by atoms with Gasteiger partial charge in [-0.05, 0) is 18.4 Å². The van der Waals surface area contributed by atoms with Gasteiger partial charge in [-0.15, -0.1) is 0 Å². The first-order chi connectivity index (χ1) is 8.14. The van der Waals surface area contributed by atoms with Crippen molar-refractivity contribution in [1.82, 2.24) is 15.5 Å². The maximum Gasteiger partial charge on any atom is 0.0108 e. The molecule has 1 aliphatic heterocycles. The molecule has 0 saturated carbocycles. The van der Waals surface area contributed by atoms with Crippen molar-refractivity contribution in [1.29, 1.82) is 0 Å². The van der Waals surface area contributed by atoms with Crippen molar-refractivity contribution in [3.8, 4) is 0 Å². The molecule has 0 aliphatic carbocycles. The Hall–Kier alpha value is -0.120. The molecule has 0 atom stereocenters. The van der Waals surface area contributed by atoms with Gasteiger partial charge in [-0.3, -0.25) is 0 Å². The Labute approximate surface area is 107 Å². The quantitative estimate of drug-likeness (QED) is 0.633. The number of unbranched alkanes of at least 4 members (excludes halogenated alkanes) is 2. The van der Waals surface area contributed by atoms with Gasteiger partial charge in [0.05, 0.1) is 0 Å². The van der Waals surface area contributed by atoms with Gasteiger partial charge in [-0.2, -0.15) is 0 Å². The first kappa shape index (κ1) is 14.9. The van der Waals surface area contributed by atoms with Crippen molar-refractivity contribution in [3.63, 3.8) is 0 Å². The highest BCUT2D eigenvalue weighted by Gasteiger charge is 2.22. The summed E-state index contributed by atoms with van der Waals surface area (Å²) >= 11 is 0. The highest BCUT2D eigenvalue weighted by atomic mass is 15.2. The second-order valence-corrected chi connectivity index (χ2v) is 6.07. The minimum absolute atomic E-state index is 0.392. The summed E-state index contributed by atoms with van der Waals surface area (Å²) in [6, 6.07) is 0. The van der Waals surface area contributed by atoms with Crippen LogP contribution in [0, 0.1) is 5.41 Å². The van der Waals surface area contributed by atoms with Gasteiger partial charge < -0.3 is 15.5 Å². The van der Waals surface area contributed by atoms with Crippen LogP contribution in [0.25, 0.3) is 0 Å². The molecule has 0 bridgehead atoms. The molecule has 3 heteroatoms. The van der Waals surface area contributed by atoms with Crippen molar-refractivity contribution in [2.75, 3.05) is 45.8 Å². The van der Waals surface area contributed by atoms with E-state index in [0.29, 0.717) is 5.41 Å². The average Bonchev–Trinajstić information content (AvgIpc) is 2.29. The Balaban J connectivity index is 2.11. The predicted molar refractivity (Wildman–Crippen MR) is 75.5 cm³/mol. The summed E-state index contributed by atoms with van der Waals surface area (Å²) < 4.78 is 0. The number of rotatable bonds is 8. The van der Waals surface area contributed by atoms with Crippen molar-refractivity contribution in [2.45, 2.75) is 40.0 Å². The highest BCUT2D eigenvalue weighted by Crippen LogP contribution is 2.16. The Morgan fingerprint density at radius 1 is 1.18 bits per heavy atom. The maximum atomic E-state index is 3.61. The lowest BCUT2D eigenvalue weighted by Gasteiger charge is -2.35. The van der Waals surface area contributed by atoms with Crippen molar-refractivity contribution in [2.24, 2.45) is 5.41 Å². The number of nitrogens with one attached hydrogen (secondary N) is 2. The molecule has 3 nitrogen and oxygen atoms in total. The van der Waals surface area contributed by atoms with E-state index >= 15 is 0 Å². The first-order valence-corrected chi connectivity index (χ1v) is 7.28. The lowest BCUT2D eigenvalue weighted by molar-refractivity contribution is 0.158. The fraction of sp³-hybridized carbons (Fsp3) is 1.00. The Kier molecular flexibility index (Phi) is 7.09. The van der Waals surface area contributed by atoms with Crippen LogP contribution >= 0.6 is 0 Å². The van der Waals surface area contributed by atoms with Crippen LogP contribution in [0.2, 0.25) is 0 Å². The van der Waals surface area contributed by atoms with Crippen LogP contribution in [0.5, 0.6) is 0 Å². The van der Waals surface area contributed by atoms with Crippen LogP contribution in [0.1, 0.15) is 40.0 Å². The molecule has 0 aromatic rings. The molecule has 0 aromatic carbocycles. The second-order valence-electron chi connectivity index (χ2n) is 6.07. The third-order valence-corrected chi connectivity index (χ3v) is 3.42. The largest absolute Gasteiger partial charge is 0.316 e. The zero-order valence-electron chi connectivity index (χ0n) is 12.0. The average molecular weight is 241 g/mol. The van der Waals surface area contributed by atoms with Crippen LogP contribution in [-0.2, 0) is 0 Å². The second kappa shape index (κ2) is 8.06. The van der Waals surface area contributed by atoms with Crippen molar-refractivity contribution >= 4 is 0 Å². The summed E-state index contributed by atoms with van der Waals surface area (Å²) in [6.07, 6.45) is 3.98. The van der Waals surface area contributed by atoms with E-state index in [-0.39, 0.29) is 0 Å². The molecule has 2 N–H and O–H groups in total. The molecule has 1 saturated heterocycles. The Morgan fingerprint density at radius 3 is 2.53 bits per heavy atom. The number of nitrogens with zero attached hydrogens (tertiary/aromatic N) is 1. The third kappa shape index (κ3) is 7.02. The zero-order chi connectivity index (χ0) is 12.6. The van der Waals surface area contributed by atoms with Gasteiger partial charge in [0, 0.05) is 39.3 Å². The van der Waals surface area contributed by atoms with Crippen LogP contribution in [0.3, 0.4) is 0 Å². The summed E-state index contributed by atoms with van der Waals surface area (Å²) in [5, 5.41) is 7.02. The SMILES string of the molecule is CCCCCNCC(C)(C)CN1CCNCC1. The number of hydrogen-bond donors (Lipinski definition) is 2. The van der Waals surface area contributed by atoms with Gasteiger partial charge in [0.15, 0.2) is 0 Å². The standard InChI is InChI=1S/C14H31N3/c1-4-5-6-7-16-12-14(2,3)13-17-10-8-15-9-11-17/h15-16H,4-13H2,1-3H3. The van der Waals surface area contributed by atoms with Crippen LogP contribution in [0.4, 0.5) is 0 Å². The van der Waals surface area contributed by atoms with E-state index in [9.17, 15) is 0 Å². The molecule has 102 valence electrons. The Morgan fingerprint density at radius 2 is 1.88 bits per heavy atom. The zero-order valence-corrected chi connectivity index (χ0v) is 12.0. The first-order valence-electron chi connectivity index (χ1n) is 7.28. The van der Waals surface area contributed by atoms with E-state index in [2.05, 4.69) is 36.3 Å². The van der Waals surface area contributed by atoms with E-state index in [4.69, 9.17) is 0 Å². The van der Waals surface area contributed by atoms with Gasteiger partial charge in [0.1, 0.15) is 0 Å². The molecule has 1 rings (SSSR count). The minimum Gasteiger partial charge on any atom is -0.316 e. The van der Waals surface area contributed by atoms with Gasteiger partial charge in [0.25, 0.3) is 0 Å². The summed E-state index contributed by atoms with van der Waals surface area (Å²) in [7, 11) is 0. The number of piperazine rings is 1. The summed E-state index contributed by atoms with van der Waals surface area (Å²) in [6.45, 7) is 15.3. The Bertz CT molecular complexity index is 186. The van der Waals surface area contributed by atoms with Crippen molar-refractivity contribution < 1.29 is 0 Å². The monoisotopic (exact) mass is 241 g/mol. The van der Waals surface area contributed by atoms with E-state index in [1.807, 2.05) is 0 Å². The molecule has 1 fully saturated rings. The van der Waals surface area contributed by atoms with Crippen molar-refractivity contribution in [3.05, 3.63) is 0 Å². The summed E-state index contributed by atoms with van der Waals surface area (Å²) in [4.78, 5) is 2.59. The normalized spacial score (nSPS) is 18.5. The highest BCUT2D eigenvalue weighted by molar-refractivity contribution is 4.78. The molecule has 1 aliphatic rings. The molecular formula is C14H31N3.